The van der Waals surface area contributed by atoms with Gasteiger partial charge in [-0.3, -0.25) is 9.69 Å². The number of alkyl halides is 3. The lowest BCUT2D eigenvalue weighted by atomic mass is 10.0. The van der Waals surface area contributed by atoms with Crippen molar-refractivity contribution in [3.8, 4) is 11.8 Å². The van der Waals surface area contributed by atoms with Crippen LogP contribution >= 0.6 is 0 Å². The highest BCUT2D eigenvalue weighted by molar-refractivity contribution is 7.89. The fraction of sp³-hybridized carbons (Fsp3) is 0.229. The topological polar surface area (TPSA) is 99.9 Å². The Morgan fingerprint density at radius 1 is 0.938 bits per heavy atom. The van der Waals surface area contributed by atoms with E-state index in [-0.39, 0.29) is 54.4 Å². The number of carbonyl (C=O) groups is 1. The highest BCUT2D eigenvalue weighted by Crippen LogP contribution is 2.35. The number of anilines is 1. The summed E-state index contributed by atoms with van der Waals surface area (Å²) >= 11 is 0. The molecular weight excluding hydrogens is 641 g/mol. The number of hydrogen-bond acceptors (Lipinski definition) is 6. The van der Waals surface area contributed by atoms with Gasteiger partial charge < -0.3 is 5.32 Å². The summed E-state index contributed by atoms with van der Waals surface area (Å²) in [5.74, 6) is 5.48. The van der Waals surface area contributed by atoms with E-state index in [4.69, 9.17) is 0 Å². The van der Waals surface area contributed by atoms with Crippen LogP contribution < -0.4 is 5.32 Å². The summed E-state index contributed by atoms with van der Waals surface area (Å²) in [6.45, 7) is 4.54. The Labute approximate surface area is 276 Å². The first kappa shape index (κ1) is 32.9. The molecule has 1 N–H and O–H groups in total. The van der Waals surface area contributed by atoms with Gasteiger partial charge in [0, 0.05) is 55.7 Å². The predicted octanol–water partition coefficient (Wildman–Crippen LogP) is 5.52. The highest BCUT2D eigenvalue weighted by atomic mass is 32.2. The maximum atomic E-state index is 14.2. The summed E-state index contributed by atoms with van der Waals surface area (Å²) in [5.41, 5.74) is 2.93. The number of halogens is 3. The van der Waals surface area contributed by atoms with Crippen molar-refractivity contribution >= 4 is 27.3 Å². The molecule has 0 bridgehead atoms. The van der Waals surface area contributed by atoms with Gasteiger partial charge >= 0.3 is 6.18 Å². The molecular formula is C35H31F3N6O3S. The van der Waals surface area contributed by atoms with Crippen LogP contribution in [-0.2, 0) is 22.7 Å². The molecule has 0 unspecified atom stereocenters. The van der Waals surface area contributed by atoms with Crippen molar-refractivity contribution in [1.82, 2.24) is 23.8 Å². The van der Waals surface area contributed by atoms with E-state index in [1.807, 2.05) is 13.8 Å². The Morgan fingerprint density at radius 3 is 2.42 bits per heavy atom. The second kappa shape index (κ2) is 13.2. The number of imidazole rings is 1. The van der Waals surface area contributed by atoms with E-state index in [9.17, 15) is 26.4 Å². The van der Waals surface area contributed by atoms with Gasteiger partial charge in [0.25, 0.3) is 5.91 Å². The minimum atomic E-state index is -4.67. The van der Waals surface area contributed by atoms with Crippen LogP contribution in [0.1, 0.15) is 43.9 Å². The molecule has 0 saturated carbocycles. The van der Waals surface area contributed by atoms with E-state index in [1.165, 1.54) is 16.4 Å². The van der Waals surface area contributed by atoms with Crippen LogP contribution in [-0.4, -0.2) is 64.3 Å². The van der Waals surface area contributed by atoms with Crippen LogP contribution in [0.3, 0.4) is 0 Å². The zero-order chi connectivity index (χ0) is 34.1. The number of amides is 1. The molecule has 0 atom stereocenters. The molecule has 1 aliphatic heterocycles. The molecule has 1 saturated heterocycles. The first-order valence-corrected chi connectivity index (χ1v) is 16.5. The van der Waals surface area contributed by atoms with Gasteiger partial charge in [-0.2, -0.15) is 22.6 Å². The van der Waals surface area contributed by atoms with Gasteiger partial charge in [-0.15, -0.1) is 0 Å². The maximum absolute atomic E-state index is 14.2. The molecule has 3 heterocycles. The third kappa shape index (κ3) is 7.11. The fourth-order valence-electron chi connectivity index (χ4n) is 5.43. The van der Waals surface area contributed by atoms with Crippen molar-refractivity contribution in [2.75, 3.05) is 31.5 Å². The summed E-state index contributed by atoms with van der Waals surface area (Å²) < 4.78 is 71.7. The second-order valence-electron chi connectivity index (χ2n) is 11.5. The largest absolute Gasteiger partial charge is 0.416 e. The Morgan fingerprint density at radius 2 is 1.69 bits per heavy atom. The first-order chi connectivity index (χ1) is 22.9. The SMILES string of the molecule is Cc1ccc(S(=O)(=O)N2CCN(Cc3ccc(NC(=O)c4ccc(C)c(C#Cc5cnc6cccnn56)c4)cc3C(F)(F)F)CC2)cc1. The van der Waals surface area contributed by atoms with Crippen molar-refractivity contribution < 1.29 is 26.4 Å². The molecule has 0 radical (unpaired) electrons. The van der Waals surface area contributed by atoms with Crippen LogP contribution in [0, 0.1) is 25.7 Å². The number of aromatic nitrogens is 3. The normalized spacial score (nSPS) is 14.4. The Bertz CT molecular complexity index is 2160. The summed E-state index contributed by atoms with van der Waals surface area (Å²) in [6, 6.07) is 18.8. The van der Waals surface area contributed by atoms with E-state index in [2.05, 4.69) is 27.2 Å². The van der Waals surface area contributed by atoms with Crippen LogP contribution in [0.4, 0.5) is 18.9 Å². The third-order valence-corrected chi connectivity index (χ3v) is 10.1. The number of nitrogens with one attached hydrogen (secondary N) is 1. The highest BCUT2D eigenvalue weighted by Gasteiger charge is 2.35. The average molecular weight is 673 g/mol. The molecule has 6 rings (SSSR count). The van der Waals surface area contributed by atoms with E-state index >= 15 is 0 Å². The molecule has 5 aromatic rings. The lowest BCUT2D eigenvalue weighted by Crippen LogP contribution is -2.48. The molecule has 13 heteroatoms. The molecule has 48 heavy (non-hydrogen) atoms. The van der Waals surface area contributed by atoms with Gasteiger partial charge in [-0.05, 0) is 79.4 Å². The number of nitrogens with zero attached hydrogens (tertiary/aromatic N) is 5. The van der Waals surface area contributed by atoms with E-state index in [0.717, 1.165) is 17.2 Å². The van der Waals surface area contributed by atoms with E-state index in [1.54, 1.807) is 76.4 Å². The van der Waals surface area contributed by atoms with Gasteiger partial charge in [0.15, 0.2) is 5.65 Å². The van der Waals surface area contributed by atoms with Gasteiger partial charge in [0.2, 0.25) is 10.0 Å². The van der Waals surface area contributed by atoms with E-state index < -0.39 is 27.7 Å². The maximum Gasteiger partial charge on any atom is 0.416 e. The first-order valence-electron chi connectivity index (χ1n) is 15.1. The molecule has 1 fully saturated rings. The molecule has 246 valence electrons. The lowest BCUT2D eigenvalue weighted by molar-refractivity contribution is -0.138. The molecule has 0 spiro atoms. The van der Waals surface area contributed by atoms with Gasteiger partial charge in [0.05, 0.1) is 16.7 Å². The van der Waals surface area contributed by atoms with Crippen molar-refractivity contribution in [2.45, 2.75) is 31.5 Å². The summed E-state index contributed by atoms with van der Waals surface area (Å²) in [6.07, 6.45) is -1.46. The van der Waals surface area contributed by atoms with Crippen LogP contribution in [0.25, 0.3) is 5.65 Å². The number of rotatable bonds is 6. The number of fused-ring (bicyclic) bond motifs is 1. The molecule has 9 nitrogen and oxygen atoms in total. The summed E-state index contributed by atoms with van der Waals surface area (Å²) in [7, 11) is -3.70. The molecule has 1 amide bonds. The standard InChI is InChI=1S/C35H31F3N6O3S/c1-24-5-13-31(14-6-24)48(46,47)43-18-16-42(17-19-43)23-28-9-11-29(21-32(28)35(36,37)38)41-34(45)27-8-7-25(2)26(20-27)10-12-30-22-39-33-4-3-15-40-44(30)33/h3-9,11,13-15,20-22H,16-19,23H2,1-2H3,(H,41,45). The molecule has 1 aliphatic rings. The van der Waals surface area contributed by atoms with Gasteiger partial charge in [-0.25, -0.2) is 17.9 Å². The third-order valence-electron chi connectivity index (χ3n) is 8.16. The van der Waals surface area contributed by atoms with Gasteiger partial charge in [0.1, 0.15) is 5.69 Å². The van der Waals surface area contributed by atoms with E-state index in [0.29, 0.717) is 16.9 Å². The lowest BCUT2D eigenvalue weighted by Gasteiger charge is -2.34. The second-order valence-corrected chi connectivity index (χ2v) is 13.5. The number of hydrogen-bond donors (Lipinski definition) is 1. The average Bonchev–Trinajstić information content (AvgIpc) is 3.48. The van der Waals surface area contributed by atoms with Crippen molar-refractivity contribution in [3.63, 3.8) is 0 Å². The smallest absolute Gasteiger partial charge is 0.322 e. The molecule has 3 aromatic carbocycles. The minimum absolute atomic E-state index is 0.00454. The molecule has 2 aromatic heterocycles. The number of piperazine rings is 1. The van der Waals surface area contributed by atoms with Crippen LogP contribution in [0.5, 0.6) is 0 Å². The Hall–Kier alpha value is -5.03. The monoisotopic (exact) mass is 672 g/mol. The van der Waals surface area contributed by atoms with Crippen molar-refractivity contribution in [1.29, 1.82) is 0 Å². The van der Waals surface area contributed by atoms with Crippen LogP contribution in [0.15, 0.2) is 90.1 Å². The summed E-state index contributed by atoms with van der Waals surface area (Å²) in [4.78, 5) is 19.4. The van der Waals surface area contributed by atoms with Crippen molar-refractivity contribution in [2.24, 2.45) is 0 Å². The predicted molar refractivity (Wildman–Crippen MR) is 175 cm³/mol. The molecule has 0 aliphatic carbocycles. The zero-order valence-electron chi connectivity index (χ0n) is 26.1. The summed E-state index contributed by atoms with van der Waals surface area (Å²) in [5, 5.41) is 6.82. The number of carbonyl (C=O) groups excluding carboxylic acids is 1. The Balaban J connectivity index is 1.14. The number of benzene rings is 3. The zero-order valence-corrected chi connectivity index (χ0v) is 26.9. The fourth-order valence-corrected chi connectivity index (χ4v) is 6.85. The van der Waals surface area contributed by atoms with Crippen LogP contribution in [0.2, 0.25) is 0 Å². The minimum Gasteiger partial charge on any atom is -0.322 e. The Kier molecular flexibility index (Phi) is 9.07. The quantitative estimate of drug-likeness (QED) is 0.239. The number of sulfonamides is 1. The number of aryl methyl sites for hydroxylation is 2. The van der Waals surface area contributed by atoms with Crippen molar-refractivity contribution in [3.05, 3.63) is 124 Å². The van der Waals surface area contributed by atoms with Gasteiger partial charge in [-0.1, -0.05) is 35.7 Å².